The molecule has 7 nitrogen and oxygen atoms in total. The normalized spacial score (nSPS) is 10.1. The molecule has 0 aliphatic rings. The zero-order valence-electron chi connectivity index (χ0n) is 12.6. The minimum absolute atomic E-state index is 0.245. The van der Waals surface area contributed by atoms with Crippen LogP contribution in [0.3, 0.4) is 0 Å². The highest BCUT2D eigenvalue weighted by Gasteiger charge is 2.09. The maximum absolute atomic E-state index is 5.67. The second-order valence-corrected chi connectivity index (χ2v) is 4.44. The molecule has 0 fully saturated rings. The molecule has 0 radical (unpaired) electrons. The van der Waals surface area contributed by atoms with Crippen molar-refractivity contribution in [2.45, 2.75) is 6.92 Å². The summed E-state index contributed by atoms with van der Waals surface area (Å²) in [6.07, 6.45) is 0. The number of nitrogens with zero attached hydrogens (tertiary/aromatic N) is 4. The Kier molecular flexibility index (Phi) is 4.76. The van der Waals surface area contributed by atoms with Crippen LogP contribution >= 0.6 is 0 Å². The summed E-state index contributed by atoms with van der Waals surface area (Å²) >= 11 is 0. The van der Waals surface area contributed by atoms with Crippen molar-refractivity contribution < 1.29 is 9.47 Å². The predicted molar refractivity (Wildman–Crippen MR) is 81.4 cm³/mol. The number of benzene rings is 1. The quantitative estimate of drug-likeness (QED) is 0.873. The molecule has 2 rings (SSSR count). The van der Waals surface area contributed by atoms with Crippen LogP contribution in [-0.2, 0) is 0 Å². The van der Waals surface area contributed by atoms with Crippen LogP contribution in [0.5, 0.6) is 17.5 Å². The summed E-state index contributed by atoms with van der Waals surface area (Å²) < 4.78 is 10.8. The van der Waals surface area contributed by atoms with E-state index in [1.807, 2.05) is 33.2 Å². The zero-order chi connectivity index (χ0) is 15.2. The Labute approximate surface area is 124 Å². The average Bonchev–Trinajstić information content (AvgIpc) is 2.48. The van der Waals surface area contributed by atoms with Crippen LogP contribution in [0, 0.1) is 0 Å². The number of hydrogen-bond donors (Lipinski definition) is 1. The highest BCUT2D eigenvalue weighted by Crippen LogP contribution is 2.23. The fourth-order valence-corrected chi connectivity index (χ4v) is 1.58. The van der Waals surface area contributed by atoms with E-state index < -0.39 is 0 Å². The highest BCUT2D eigenvalue weighted by atomic mass is 16.5. The number of rotatable bonds is 6. The molecule has 0 spiro atoms. The molecule has 0 unspecified atom stereocenters. The smallest absolute Gasteiger partial charge is 0.328 e. The van der Waals surface area contributed by atoms with Crippen LogP contribution in [0.1, 0.15) is 6.92 Å². The van der Waals surface area contributed by atoms with Gasteiger partial charge in [-0.15, -0.1) is 0 Å². The number of ether oxygens (including phenoxy) is 2. The molecule has 0 bridgehead atoms. The van der Waals surface area contributed by atoms with Crippen molar-refractivity contribution >= 4 is 11.9 Å². The Hall–Kier alpha value is -2.57. The van der Waals surface area contributed by atoms with Crippen LogP contribution in [0.25, 0.3) is 0 Å². The lowest BCUT2D eigenvalue weighted by Crippen LogP contribution is -2.15. The number of methoxy groups -OCH3 is 1. The highest BCUT2D eigenvalue weighted by molar-refractivity contribution is 5.38. The van der Waals surface area contributed by atoms with E-state index in [2.05, 4.69) is 20.3 Å². The average molecular weight is 289 g/mol. The van der Waals surface area contributed by atoms with Crippen molar-refractivity contribution in [3.05, 3.63) is 24.3 Å². The number of aromatic nitrogens is 3. The maximum Gasteiger partial charge on any atom is 0.328 e. The summed E-state index contributed by atoms with van der Waals surface area (Å²) in [5.74, 6) is 2.42. The molecule has 7 heteroatoms. The van der Waals surface area contributed by atoms with Gasteiger partial charge in [0, 0.05) is 20.6 Å². The van der Waals surface area contributed by atoms with Gasteiger partial charge in [-0.3, -0.25) is 0 Å². The van der Waals surface area contributed by atoms with Gasteiger partial charge >= 0.3 is 6.01 Å². The van der Waals surface area contributed by atoms with E-state index in [4.69, 9.17) is 9.47 Å². The molecule has 0 aliphatic carbocycles. The predicted octanol–water partition coefficient (Wildman–Crippen LogP) is 2.17. The lowest BCUT2D eigenvalue weighted by molar-refractivity contribution is 0.410. The van der Waals surface area contributed by atoms with Gasteiger partial charge in [-0.25, -0.2) is 0 Å². The van der Waals surface area contributed by atoms with Crippen molar-refractivity contribution in [1.82, 2.24) is 15.0 Å². The second-order valence-electron chi connectivity index (χ2n) is 4.44. The molecule has 2 aromatic rings. The zero-order valence-corrected chi connectivity index (χ0v) is 12.6. The number of nitrogens with one attached hydrogen (secondary N) is 1. The van der Waals surface area contributed by atoms with E-state index in [0.717, 1.165) is 12.3 Å². The monoisotopic (exact) mass is 289 g/mol. The molecule has 1 aromatic heterocycles. The van der Waals surface area contributed by atoms with E-state index in [1.54, 1.807) is 24.1 Å². The summed E-state index contributed by atoms with van der Waals surface area (Å²) in [5, 5.41) is 3.06. The molecule has 112 valence electrons. The Balaban J connectivity index is 2.24. The van der Waals surface area contributed by atoms with E-state index in [0.29, 0.717) is 17.6 Å². The molecule has 1 N–H and O–H groups in total. The Morgan fingerprint density at radius 1 is 1.05 bits per heavy atom. The SMILES string of the molecule is CCNc1nc(Oc2ccc(OC)cc2)nc(N(C)C)n1. The van der Waals surface area contributed by atoms with E-state index in [1.165, 1.54) is 0 Å². The molecule has 0 atom stereocenters. The summed E-state index contributed by atoms with van der Waals surface area (Å²) in [6, 6.07) is 7.47. The van der Waals surface area contributed by atoms with Crippen LogP contribution in [0.4, 0.5) is 11.9 Å². The molecule has 0 saturated heterocycles. The van der Waals surface area contributed by atoms with E-state index in [9.17, 15) is 0 Å². The van der Waals surface area contributed by atoms with Crippen LogP contribution in [0.2, 0.25) is 0 Å². The molecule has 1 aromatic carbocycles. The fraction of sp³-hybridized carbons (Fsp3) is 0.357. The van der Waals surface area contributed by atoms with Gasteiger partial charge in [0.15, 0.2) is 0 Å². The van der Waals surface area contributed by atoms with Crippen LogP contribution in [0.15, 0.2) is 24.3 Å². The minimum atomic E-state index is 0.245. The summed E-state index contributed by atoms with van der Waals surface area (Å²) in [4.78, 5) is 14.6. The van der Waals surface area contributed by atoms with Gasteiger partial charge in [0.2, 0.25) is 11.9 Å². The Bertz CT molecular complexity index is 586. The van der Waals surface area contributed by atoms with Crippen molar-refractivity contribution in [2.75, 3.05) is 38.0 Å². The summed E-state index contributed by atoms with van der Waals surface area (Å²) in [6.45, 7) is 2.70. The van der Waals surface area contributed by atoms with Crippen LogP contribution < -0.4 is 19.7 Å². The topological polar surface area (TPSA) is 72.4 Å². The lowest BCUT2D eigenvalue weighted by atomic mass is 10.3. The molecule has 21 heavy (non-hydrogen) atoms. The maximum atomic E-state index is 5.67. The van der Waals surface area contributed by atoms with Gasteiger partial charge in [0.1, 0.15) is 11.5 Å². The van der Waals surface area contributed by atoms with Gasteiger partial charge in [0.25, 0.3) is 0 Å². The Morgan fingerprint density at radius 2 is 1.71 bits per heavy atom. The largest absolute Gasteiger partial charge is 0.497 e. The molecular weight excluding hydrogens is 270 g/mol. The summed E-state index contributed by atoms with van der Waals surface area (Å²) in [7, 11) is 5.35. The minimum Gasteiger partial charge on any atom is -0.497 e. The lowest BCUT2D eigenvalue weighted by Gasteiger charge is -2.13. The molecule has 0 amide bonds. The first-order chi connectivity index (χ1) is 10.1. The number of hydrogen-bond acceptors (Lipinski definition) is 7. The van der Waals surface area contributed by atoms with Crippen molar-refractivity contribution in [3.63, 3.8) is 0 Å². The second kappa shape index (κ2) is 6.74. The van der Waals surface area contributed by atoms with Crippen molar-refractivity contribution in [1.29, 1.82) is 0 Å². The van der Waals surface area contributed by atoms with Gasteiger partial charge in [-0.2, -0.15) is 15.0 Å². The first kappa shape index (κ1) is 14.8. The van der Waals surface area contributed by atoms with E-state index in [-0.39, 0.29) is 6.01 Å². The van der Waals surface area contributed by atoms with Crippen LogP contribution in [-0.4, -0.2) is 42.7 Å². The Morgan fingerprint density at radius 3 is 2.29 bits per heavy atom. The first-order valence-corrected chi connectivity index (χ1v) is 6.61. The molecular formula is C14H19N5O2. The van der Waals surface area contributed by atoms with Crippen molar-refractivity contribution in [2.24, 2.45) is 0 Å². The van der Waals surface area contributed by atoms with Gasteiger partial charge in [-0.1, -0.05) is 0 Å². The van der Waals surface area contributed by atoms with Gasteiger partial charge in [0.05, 0.1) is 7.11 Å². The molecule has 0 saturated carbocycles. The molecule has 0 aliphatic heterocycles. The van der Waals surface area contributed by atoms with Gasteiger partial charge in [-0.05, 0) is 31.2 Å². The first-order valence-electron chi connectivity index (χ1n) is 6.61. The third-order valence-electron chi connectivity index (χ3n) is 2.61. The van der Waals surface area contributed by atoms with Gasteiger partial charge < -0.3 is 19.7 Å². The fourth-order valence-electron chi connectivity index (χ4n) is 1.58. The third kappa shape index (κ3) is 3.95. The standard InChI is InChI=1S/C14H19N5O2/c1-5-15-12-16-13(19(2)3)18-14(17-12)21-11-8-6-10(20-4)7-9-11/h6-9H,5H2,1-4H3,(H,15,16,17,18). The number of anilines is 2. The summed E-state index contributed by atoms with van der Waals surface area (Å²) in [5.41, 5.74) is 0. The van der Waals surface area contributed by atoms with Crippen molar-refractivity contribution in [3.8, 4) is 17.5 Å². The molecule has 1 heterocycles. The van der Waals surface area contributed by atoms with E-state index >= 15 is 0 Å². The third-order valence-corrected chi connectivity index (χ3v) is 2.61.